The second kappa shape index (κ2) is 7.49. The second-order valence-corrected chi connectivity index (χ2v) is 5.90. The van der Waals surface area contributed by atoms with E-state index in [9.17, 15) is 13.2 Å². The van der Waals surface area contributed by atoms with E-state index in [1.165, 1.54) is 0 Å². The van der Waals surface area contributed by atoms with Gasteiger partial charge in [0.05, 0.1) is 11.6 Å². The highest BCUT2D eigenvalue weighted by Crippen LogP contribution is 2.06. The van der Waals surface area contributed by atoms with Crippen molar-refractivity contribution in [3.8, 4) is 0 Å². The van der Waals surface area contributed by atoms with E-state index in [-0.39, 0.29) is 30.6 Å². The van der Waals surface area contributed by atoms with Crippen molar-refractivity contribution in [2.45, 2.75) is 33.2 Å². The molecule has 0 bridgehead atoms. The SMILES string of the molecule is CCOC(=O)NS(=O)(=O)N(CCC(N)=S)C(C)C. The van der Waals surface area contributed by atoms with Crippen molar-refractivity contribution in [2.24, 2.45) is 5.73 Å². The van der Waals surface area contributed by atoms with E-state index in [4.69, 9.17) is 18.0 Å². The van der Waals surface area contributed by atoms with Crippen LogP contribution in [-0.2, 0) is 14.9 Å². The molecular formula is C9H19N3O4S2. The third kappa shape index (κ3) is 6.12. The Morgan fingerprint density at radius 1 is 1.50 bits per heavy atom. The topological polar surface area (TPSA) is 102 Å². The first-order valence-corrected chi connectivity index (χ1v) is 7.30. The van der Waals surface area contributed by atoms with E-state index in [1.807, 2.05) is 4.72 Å². The van der Waals surface area contributed by atoms with Crippen LogP contribution in [0.1, 0.15) is 27.2 Å². The number of amides is 1. The summed E-state index contributed by atoms with van der Waals surface area (Å²) in [4.78, 5) is 11.3. The molecule has 0 spiro atoms. The lowest BCUT2D eigenvalue weighted by atomic mass is 10.3. The van der Waals surface area contributed by atoms with Gasteiger partial charge in [-0.3, -0.25) is 0 Å². The monoisotopic (exact) mass is 297 g/mol. The Kier molecular flexibility index (Phi) is 7.11. The summed E-state index contributed by atoms with van der Waals surface area (Å²) in [7, 11) is -3.95. The quantitative estimate of drug-likeness (QED) is 0.658. The van der Waals surface area contributed by atoms with Crippen LogP contribution in [0.25, 0.3) is 0 Å². The van der Waals surface area contributed by atoms with Gasteiger partial charge in [0.1, 0.15) is 0 Å². The molecule has 7 nitrogen and oxygen atoms in total. The van der Waals surface area contributed by atoms with Crippen molar-refractivity contribution < 1.29 is 17.9 Å². The summed E-state index contributed by atoms with van der Waals surface area (Å²) in [5, 5.41) is 0. The highest BCUT2D eigenvalue weighted by Gasteiger charge is 2.27. The maximum absolute atomic E-state index is 11.9. The van der Waals surface area contributed by atoms with Gasteiger partial charge in [-0.2, -0.15) is 12.7 Å². The number of nitrogens with one attached hydrogen (secondary N) is 1. The molecule has 0 radical (unpaired) electrons. The fraction of sp³-hybridized carbons (Fsp3) is 0.778. The molecule has 1 amide bonds. The van der Waals surface area contributed by atoms with Crippen LogP contribution in [0.5, 0.6) is 0 Å². The van der Waals surface area contributed by atoms with Gasteiger partial charge in [-0.1, -0.05) is 12.2 Å². The molecule has 3 N–H and O–H groups in total. The Labute approximate surface area is 113 Å². The molecule has 18 heavy (non-hydrogen) atoms. The lowest BCUT2D eigenvalue weighted by Gasteiger charge is -2.25. The average molecular weight is 297 g/mol. The summed E-state index contributed by atoms with van der Waals surface area (Å²) in [5.74, 6) is 0. The number of hydrogen-bond acceptors (Lipinski definition) is 5. The van der Waals surface area contributed by atoms with Gasteiger partial charge < -0.3 is 10.5 Å². The number of nitrogens with two attached hydrogens (primary N) is 1. The zero-order chi connectivity index (χ0) is 14.3. The number of nitrogens with zero attached hydrogens (tertiary/aromatic N) is 1. The molecule has 0 aliphatic carbocycles. The van der Waals surface area contributed by atoms with Gasteiger partial charge in [-0.25, -0.2) is 9.52 Å². The maximum atomic E-state index is 11.9. The van der Waals surface area contributed by atoms with E-state index in [0.29, 0.717) is 0 Å². The Morgan fingerprint density at radius 3 is 2.44 bits per heavy atom. The van der Waals surface area contributed by atoms with E-state index in [2.05, 4.69) is 4.74 Å². The molecule has 9 heteroatoms. The van der Waals surface area contributed by atoms with E-state index < -0.39 is 16.3 Å². The van der Waals surface area contributed by atoms with Gasteiger partial charge in [-0.15, -0.1) is 0 Å². The Bertz CT molecular complexity index is 395. The van der Waals surface area contributed by atoms with Gasteiger partial charge >= 0.3 is 16.3 Å². The molecule has 0 aliphatic rings. The Balaban J connectivity index is 4.76. The van der Waals surface area contributed by atoms with E-state index >= 15 is 0 Å². The summed E-state index contributed by atoms with van der Waals surface area (Å²) in [6.07, 6.45) is -0.754. The maximum Gasteiger partial charge on any atom is 0.421 e. The molecule has 0 unspecified atom stereocenters. The first kappa shape index (κ1) is 17.1. The molecule has 0 aromatic rings. The van der Waals surface area contributed by atoms with Crippen molar-refractivity contribution in [2.75, 3.05) is 13.2 Å². The van der Waals surface area contributed by atoms with Gasteiger partial charge in [0.2, 0.25) is 0 Å². The third-order valence-electron chi connectivity index (χ3n) is 1.95. The fourth-order valence-corrected chi connectivity index (χ4v) is 2.57. The Hall–Kier alpha value is -0.930. The minimum atomic E-state index is -3.95. The number of rotatable bonds is 7. The molecule has 0 fully saturated rings. The van der Waals surface area contributed by atoms with Crippen LogP contribution in [0, 0.1) is 0 Å². The zero-order valence-corrected chi connectivity index (χ0v) is 12.3. The molecule has 0 atom stereocenters. The summed E-state index contributed by atoms with van der Waals surface area (Å²) in [6.45, 7) is 5.16. The number of carbonyl (C=O) groups excluding carboxylic acids is 1. The molecule has 0 heterocycles. The van der Waals surface area contributed by atoms with Crippen LogP contribution in [0.15, 0.2) is 0 Å². The first-order valence-electron chi connectivity index (χ1n) is 5.45. The molecule has 0 rings (SSSR count). The van der Waals surface area contributed by atoms with E-state index in [1.54, 1.807) is 20.8 Å². The van der Waals surface area contributed by atoms with Crippen LogP contribution in [0.2, 0.25) is 0 Å². The fourth-order valence-electron chi connectivity index (χ4n) is 1.20. The normalized spacial score (nSPS) is 11.6. The van der Waals surface area contributed by atoms with Crippen LogP contribution in [-0.4, -0.2) is 43.0 Å². The van der Waals surface area contributed by atoms with Crippen molar-refractivity contribution in [1.29, 1.82) is 0 Å². The Morgan fingerprint density at radius 2 is 2.06 bits per heavy atom. The van der Waals surface area contributed by atoms with Gasteiger partial charge in [0.25, 0.3) is 0 Å². The number of carbonyl (C=O) groups is 1. The lowest BCUT2D eigenvalue weighted by molar-refractivity contribution is 0.158. The van der Waals surface area contributed by atoms with Crippen molar-refractivity contribution in [3.63, 3.8) is 0 Å². The van der Waals surface area contributed by atoms with Gasteiger partial charge in [-0.05, 0) is 20.8 Å². The highest BCUT2D eigenvalue weighted by atomic mass is 32.2. The van der Waals surface area contributed by atoms with Crippen LogP contribution in [0.4, 0.5) is 4.79 Å². The second-order valence-electron chi connectivity index (χ2n) is 3.75. The number of hydrogen-bond donors (Lipinski definition) is 2. The van der Waals surface area contributed by atoms with Crippen LogP contribution < -0.4 is 10.5 Å². The van der Waals surface area contributed by atoms with Crippen LogP contribution in [0.3, 0.4) is 0 Å². The van der Waals surface area contributed by atoms with Crippen molar-refractivity contribution >= 4 is 33.5 Å². The predicted molar refractivity (Wildman–Crippen MR) is 72.3 cm³/mol. The predicted octanol–water partition coefficient (Wildman–Crippen LogP) is 0.364. The summed E-state index contributed by atoms with van der Waals surface area (Å²) in [5.41, 5.74) is 5.33. The van der Waals surface area contributed by atoms with Gasteiger partial charge in [0.15, 0.2) is 0 Å². The average Bonchev–Trinajstić information content (AvgIpc) is 2.15. The lowest BCUT2D eigenvalue weighted by Crippen LogP contribution is -2.47. The molecule has 0 saturated heterocycles. The number of ether oxygens (including phenoxy) is 1. The molecule has 0 aromatic heterocycles. The number of thiocarbonyl (C=S) groups is 1. The van der Waals surface area contributed by atoms with Crippen molar-refractivity contribution in [3.05, 3.63) is 0 Å². The molecule has 0 aromatic carbocycles. The smallest absolute Gasteiger partial charge is 0.421 e. The van der Waals surface area contributed by atoms with Crippen molar-refractivity contribution in [1.82, 2.24) is 9.03 Å². The third-order valence-corrected chi connectivity index (χ3v) is 3.80. The minimum Gasteiger partial charge on any atom is -0.449 e. The van der Waals surface area contributed by atoms with Gasteiger partial charge in [0, 0.05) is 19.0 Å². The molecule has 0 saturated carbocycles. The minimum absolute atomic E-state index is 0.0932. The zero-order valence-electron chi connectivity index (χ0n) is 10.7. The summed E-state index contributed by atoms with van der Waals surface area (Å²) >= 11 is 4.70. The summed E-state index contributed by atoms with van der Waals surface area (Å²) in [6, 6.07) is -0.328. The molecule has 0 aliphatic heterocycles. The van der Waals surface area contributed by atoms with Crippen LogP contribution >= 0.6 is 12.2 Å². The molecular weight excluding hydrogens is 278 g/mol. The first-order chi connectivity index (χ1) is 8.20. The standard InChI is InChI=1S/C9H19N3O4S2/c1-4-16-9(13)11-18(14,15)12(7(2)3)6-5-8(10)17/h7H,4-6H2,1-3H3,(H2,10,17)(H,11,13). The highest BCUT2D eigenvalue weighted by molar-refractivity contribution is 7.87. The summed E-state index contributed by atoms with van der Waals surface area (Å²) < 4.78 is 31.2. The molecule has 106 valence electrons. The van der Waals surface area contributed by atoms with E-state index in [0.717, 1.165) is 4.31 Å². The largest absolute Gasteiger partial charge is 0.449 e.